The molecule has 0 radical (unpaired) electrons. The number of carboxylic acid groups (broad SMARTS) is 1. The summed E-state index contributed by atoms with van der Waals surface area (Å²) in [5, 5.41) is 8.96. The van der Waals surface area contributed by atoms with Crippen LogP contribution in [0.5, 0.6) is 0 Å². The van der Waals surface area contributed by atoms with Gasteiger partial charge in [-0.25, -0.2) is 4.79 Å². The Morgan fingerprint density at radius 3 is 2.45 bits per heavy atom. The number of carbonyl (C=O) groups excluding carboxylic acids is 2. The first-order chi connectivity index (χ1) is 9.33. The predicted octanol–water partition coefficient (Wildman–Crippen LogP) is 1.47. The Morgan fingerprint density at radius 2 is 1.90 bits per heavy atom. The molecule has 1 unspecified atom stereocenters. The quantitative estimate of drug-likeness (QED) is 0.844. The Bertz CT molecular complexity index is 550. The van der Waals surface area contributed by atoms with Crippen LogP contribution >= 0.6 is 0 Å². The summed E-state index contributed by atoms with van der Waals surface area (Å²) in [5.74, 6) is -2.59. The second-order valence-electron chi connectivity index (χ2n) is 5.74. The zero-order valence-corrected chi connectivity index (χ0v) is 11.5. The van der Waals surface area contributed by atoms with E-state index in [1.807, 2.05) is 30.3 Å². The van der Waals surface area contributed by atoms with Gasteiger partial charge in [-0.05, 0) is 5.56 Å². The minimum Gasteiger partial charge on any atom is -0.475 e. The highest BCUT2D eigenvalue weighted by Crippen LogP contribution is 2.38. The van der Waals surface area contributed by atoms with Gasteiger partial charge in [0.25, 0.3) is 5.78 Å². The monoisotopic (exact) mass is 275 g/mol. The second-order valence-corrected chi connectivity index (χ2v) is 5.74. The molecule has 2 rings (SSSR count). The molecule has 1 atom stereocenters. The van der Waals surface area contributed by atoms with Gasteiger partial charge >= 0.3 is 5.97 Å². The average Bonchev–Trinajstić information content (AvgIpc) is 2.59. The van der Waals surface area contributed by atoms with Crippen LogP contribution in [0.25, 0.3) is 0 Å². The number of aliphatic carboxylic acids is 1. The number of nitrogens with zero attached hydrogens (tertiary/aromatic N) is 1. The normalized spacial score (nSPS) is 21.0. The highest BCUT2D eigenvalue weighted by atomic mass is 16.4. The molecule has 1 aliphatic rings. The zero-order valence-electron chi connectivity index (χ0n) is 11.5. The molecule has 1 N–H and O–H groups in total. The molecule has 1 amide bonds. The topological polar surface area (TPSA) is 74.7 Å². The first-order valence-electron chi connectivity index (χ1n) is 6.43. The Morgan fingerprint density at radius 1 is 1.30 bits per heavy atom. The van der Waals surface area contributed by atoms with E-state index in [2.05, 4.69) is 0 Å². The Balaban J connectivity index is 2.31. The van der Waals surface area contributed by atoms with Gasteiger partial charge in [0.1, 0.15) is 6.04 Å². The number of rotatable bonds is 4. The van der Waals surface area contributed by atoms with Gasteiger partial charge in [-0.1, -0.05) is 44.2 Å². The van der Waals surface area contributed by atoms with Crippen LogP contribution in [-0.4, -0.2) is 33.7 Å². The molecule has 20 heavy (non-hydrogen) atoms. The van der Waals surface area contributed by atoms with E-state index in [9.17, 15) is 14.4 Å². The number of Topliss-reactive ketones (excluding diaryl/α,β-unsaturated/α-hetero) is 1. The van der Waals surface area contributed by atoms with E-state index >= 15 is 0 Å². The molecule has 0 bridgehead atoms. The predicted molar refractivity (Wildman–Crippen MR) is 71.8 cm³/mol. The molecule has 0 spiro atoms. The Labute approximate surface area is 117 Å². The van der Waals surface area contributed by atoms with Crippen LogP contribution in [0.1, 0.15) is 25.8 Å². The Kier molecular flexibility index (Phi) is 3.61. The van der Waals surface area contributed by atoms with Crippen molar-refractivity contribution in [3.63, 3.8) is 0 Å². The van der Waals surface area contributed by atoms with Gasteiger partial charge in [-0.3, -0.25) is 9.59 Å². The lowest BCUT2D eigenvalue weighted by Crippen LogP contribution is -2.46. The average molecular weight is 275 g/mol. The number of ketones is 1. The van der Waals surface area contributed by atoms with E-state index in [0.29, 0.717) is 0 Å². The summed E-state index contributed by atoms with van der Waals surface area (Å²) in [6.07, 6.45) is 0.184. The highest BCUT2D eigenvalue weighted by molar-refractivity contribution is 6.35. The minimum atomic E-state index is -1.49. The molecule has 1 heterocycles. The molecule has 1 fully saturated rings. The molecule has 0 aliphatic carbocycles. The second kappa shape index (κ2) is 5.07. The maximum Gasteiger partial charge on any atom is 0.374 e. The molecule has 5 heteroatoms. The number of amides is 1. The third-order valence-electron chi connectivity index (χ3n) is 3.63. The van der Waals surface area contributed by atoms with Crippen molar-refractivity contribution in [1.82, 2.24) is 4.90 Å². The van der Waals surface area contributed by atoms with E-state index in [-0.39, 0.29) is 18.9 Å². The highest BCUT2D eigenvalue weighted by Gasteiger charge is 2.51. The zero-order chi connectivity index (χ0) is 14.9. The lowest BCUT2D eigenvalue weighted by molar-refractivity contribution is -0.153. The van der Waals surface area contributed by atoms with Crippen LogP contribution in [0.4, 0.5) is 0 Å². The van der Waals surface area contributed by atoms with Crippen molar-refractivity contribution in [1.29, 1.82) is 0 Å². The van der Waals surface area contributed by atoms with Gasteiger partial charge in [-0.15, -0.1) is 0 Å². The van der Waals surface area contributed by atoms with Gasteiger partial charge in [0.15, 0.2) is 0 Å². The number of likely N-dealkylation sites (tertiary alicyclic amines) is 1. The fraction of sp³-hybridized carbons (Fsp3) is 0.400. The summed E-state index contributed by atoms with van der Waals surface area (Å²) in [5.41, 5.74) is 0.211. The summed E-state index contributed by atoms with van der Waals surface area (Å²) in [7, 11) is 0. The van der Waals surface area contributed by atoms with Gasteiger partial charge < -0.3 is 10.0 Å². The van der Waals surface area contributed by atoms with Gasteiger partial charge in [0.2, 0.25) is 5.91 Å². The van der Waals surface area contributed by atoms with Gasteiger partial charge in [-0.2, -0.15) is 0 Å². The summed E-state index contributed by atoms with van der Waals surface area (Å²) in [6.45, 7) is 3.76. The standard InChI is InChI=1S/C15H17NO4/c1-15(2)8-11(17)16(13(15)12(18)14(19)20)9-10-6-4-3-5-7-10/h3-7,13H,8-9H2,1-2H3,(H,19,20). The third kappa shape index (κ3) is 2.57. The third-order valence-corrected chi connectivity index (χ3v) is 3.63. The molecule has 106 valence electrons. The van der Waals surface area contributed by atoms with Crippen LogP contribution in [0.2, 0.25) is 0 Å². The number of benzene rings is 1. The molecule has 0 saturated carbocycles. The number of hydrogen-bond donors (Lipinski definition) is 1. The molecule has 1 aromatic rings. The Hall–Kier alpha value is -2.17. The summed E-state index contributed by atoms with van der Waals surface area (Å²) in [6, 6.07) is 8.33. The van der Waals surface area contributed by atoms with E-state index in [4.69, 9.17) is 5.11 Å². The molecular weight excluding hydrogens is 258 g/mol. The fourth-order valence-corrected chi connectivity index (χ4v) is 2.73. The van der Waals surface area contributed by atoms with Crippen molar-refractivity contribution in [2.45, 2.75) is 32.9 Å². The van der Waals surface area contributed by atoms with Crippen molar-refractivity contribution in [2.24, 2.45) is 5.41 Å². The lowest BCUT2D eigenvalue weighted by atomic mass is 9.82. The van der Waals surface area contributed by atoms with Crippen molar-refractivity contribution in [3.05, 3.63) is 35.9 Å². The van der Waals surface area contributed by atoms with Gasteiger partial charge in [0, 0.05) is 18.4 Å². The molecule has 5 nitrogen and oxygen atoms in total. The van der Waals surface area contributed by atoms with Crippen molar-refractivity contribution in [2.75, 3.05) is 0 Å². The minimum absolute atomic E-state index is 0.182. The van der Waals surface area contributed by atoms with E-state index in [0.717, 1.165) is 5.56 Å². The maximum atomic E-state index is 12.1. The van der Waals surface area contributed by atoms with Crippen LogP contribution in [-0.2, 0) is 20.9 Å². The van der Waals surface area contributed by atoms with E-state index in [1.165, 1.54) is 4.90 Å². The molecule has 1 aliphatic heterocycles. The molecular formula is C15H17NO4. The van der Waals surface area contributed by atoms with E-state index < -0.39 is 23.2 Å². The van der Waals surface area contributed by atoms with E-state index in [1.54, 1.807) is 13.8 Å². The van der Waals surface area contributed by atoms with Crippen molar-refractivity contribution < 1.29 is 19.5 Å². The van der Waals surface area contributed by atoms with Gasteiger partial charge in [0.05, 0.1) is 0 Å². The van der Waals surface area contributed by atoms with Crippen LogP contribution in [0.3, 0.4) is 0 Å². The largest absolute Gasteiger partial charge is 0.475 e. The lowest BCUT2D eigenvalue weighted by Gasteiger charge is -2.29. The molecule has 0 aromatic heterocycles. The number of hydrogen-bond acceptors (Lipinski definition) is 3. The van der Waals surface area contributed by atoms with Crippen LogP contribution < -0.4 is 0 Å². The van der Waals surface area contributed by atoms with Crippen LogP contribution in [0, 0.1) is 5.41 Å². The maximum absolute atomic E-state index is 12.1. The smallest absolute Gasteiger partial charge is 0.374 e. The summed E-state index contributed by atoms with van der Waals surface area (Å²) >= 11 is 0. The summed E-state index contributed by atoms with van der Waals surface area (Å²) in [4.78, 5) is 36.4. The van der Waals surface area contributed by atoms with Crippen LogP contribution in [0.15, 0.2) is 30.3 Å². The fourth-order valence-electron chi connectivity index (χ4n) is 2.73. The van der Waals surface area contributed by atoms with Crippen molar-refractivity contribution >= 4 is 17.7 Å². The molecule has 1 aromatic carbocycles. The SMILES string of the molecule is CC1(C)CC(=O)N(Cc2ccccc2)C1C(=O)C(=O)O. The molecule has 1 saturated heterocycles. The first kappa shape index (κ1) is 14.2. The number of carboxylic acids is 1. The first-order valence-corrected chi connectivity index (χ1v) is 6.43. The summed E-state index contributed by atoms with van der Waals surface area (Å²) < 4.78 is 0. The number of carbonyl (C=O) groups is 3. The van der Waals surface area contributed by atoms with Crippen molar-refractivity contribution in [3.8, 4) is 0 Å².